The van der Waals surface area contributed by atoms with Crippen molar-refractivity contribution in [3.05, 3.63) is 92.9 Å². The maximum Gasteiger partial charge on any atom is 0.416 e. The molecule has 5 nitrogen and oxygen atoms in total. The Kier molecular flexibility index (Phi) is 7.28. The maximum atomic E-state index is 14.1. The Hall–Kier alpha value is -3.24. The molecule has 3 heterocycles. The number of thiophene rings is 1. The van der Waals surface area contributed by atoms with E-state index < -0.39 is 11.7 Å². The molecule has 0 bridgehead atoms. The van der Waals surface area contributed by atoms with Gasteiger partial charge in [-0.15, -0.1) is 11.3 Å². The molecule has 0 aliphatic carbocycles. The minimum Gasteiger partial charge on any atom is -0.338 e. The molecule has 2 atom stereocenters. The summed E-state index contributed by atoms with van der Waals surface area (Å²) < 4.78 is 52.7. The molecule has 5 rings (SSSR count). The van der Waals surface area contributed by atoms with Crippen LogP contribution >= 0.6 is 11.3 Å². The maximum absolute atomic E-state index is 14.1. The molecule has 0 spiro atoms. The van der Waals surface area contributed by atoms with Crippen molar-refractivity contribution >= 4 is 23.2 Å². The number of hydrogen-bond donors (Lipinski definition) is 0. The van der Waals surface area contributed by atoms with E-state index >= 15 is 0 Å². The number of fused-ring (bicyclic) bond motifs is 1. The van der Waals surface area contributed by atoms with E-state index in [1.807, 2.05) is 24.4 Å². The van der Waals surface area contributed by atoms with Crippen LogP contribution in [0.3, 0.4) is 0 Å². The Bertz CT molecular complexity index is 1320. The predicted molar refractivity (Wildman–Crippen MR) is 136 cm³/mol. The summed E-state index contributed by atoms with van der Waals surface area (Å²) in [4.78, 5) is 33.0. The second kappa shape index (κ2) is 10.5. The lowest BCUT2D eigenvalue weighted by Crippen LogP contribution is -2.57. The van der Waals surface area contributed by atoms with Crippen molar-refractivity contribution in [3.8, 4) is 0 Å². The first-order valence-electron chi connectivity index (χ1n) is 12.4. The summed E-state index contributed by atoms with van der Waals surface area (Å²) in [5.41, 5.74) is 1.28. The first-order valence-corrected chi connectivity index (χ1v) is 13.3. The Labute approximate surface area is 222 Å². The van der Waals surface area contributed by atoms with Gasteiger partial charge in [0.05, 0.1) is 18.2 Å². The van der Waals surface area contributed by atoms with Crippen LogP contribution in [0, 0.1) is 5.82 Å². The largest absolute Gasteiger partial charge is 0.416 e. The van der Waals surface area contributed by atoms with Crippen molar-refractivity contribution in [2.45, 2.75) is 31.6 Å². The SMILES string of the molecule is C[C@H]1CN(C(=O)CN2CCc3sccc3[C@@H]2c2cccc(F)c2)CCN1C(=O)c1ccc(C(F)(F)F)cc1. The van der Waals surface area contributed by atoms with Crippen LogP contribution in [0.1, 0.15) is 44.9 Å². The molecule has 1 saturated heterocycles. The molecule has 3 aromatic rings. The quantitative estimate of drug-likeness (QED) is 0.422. The van der Waals surface area contributed by atoms with Crippen LogP contribution in [0.15, 0.2) is 60.0 Å². The molecule has 2 aliphatic heterocycles. The number of benzene rings is 2. The second-order valence-corrected chi connectivity index (χ2v) is 10.7. The zero-order valence-corrected chi connectivity index (χ0v) is 21.6. The van der Waals surface area contributed by atoms with Crippen molar-refractivity contribution in [1.29, 1.82) is 0 Å². The highest BCUT2D eigenvalue weighted by molar-refractivity contribution is 7.10. The first kappa shape index (κ1) is 26.4. The van der Waals surface area contributed by atoms with Crippen molar-refractivity contribution in [3.63, 3.8) is 0 Å². The van der Waals surface area contributed by atoms with Crippen LogP contribution in [0.4, 0.5) is 17.6 Å². The zero-order chi connectivity index (χ0) is 27.0. The van der Waals surface area contributed by atoms with Gasteiger partial charge in [0.1, 0.15) is 5.82 Å². The lowest BCUT2D eigenvalue weighted by atomic mass is 9.93. The number of carbonyl (C=O) groups is 2. The van der Waals surface area contributed by atoms with Gasteiger partial charge in [-0.2, -0.15) is 13.2 Å². The number of amides is 2. The summed E-state index contributed by atoms with van der Waals surface area (Å²) in [5, 5.41) is 2.02. The Morgan fingerprint density at radius 2 is 1.79 bits per heavy atom. The van der Waals surface area contributed by atoms with E-state index in [-0.39, 0.29) is 48.4 Å². The van der Waals surface area contributed by atoms with Gasteiger partial charge < -0.3 is 9.80 Å². The fourth-order valence-electron chi connectivity index (χ4n) is 5.33. The number of piperazine rings is 1. The van der Waals surface area contributed by atoms with Gasteiger partial charge in [0.15, 0.2) is 0 Å². The summed E-state index contributed by atoms with van der Waals surface area (Å²) in [6, 6.07) is 12.2. The monoisotopic (exact) mass is 545 g/mol. The minimum atomic E-state index is -4.46. The van der Waals surface area contributed by atoms with Crippen LogP contribution in [0.5, 0.6) is 0 Å². The summed E-state index contributed by atoms with van der Waals surface area (Å²) in [6.07, 6.45) is -3.65. The van der Waals surface area contributed by atoms with Gasteiger partial charge in [-0.25, -0.2) is 4.39 Å². The van der Waals surface area contributed by atoms with E-state index in [1.54, 1.807) is 27.2 Å². The van der Waals surface area contributed by atoms with Gasteiger partial charge in [0.2, 0.25) is 5.91 Å². The summed E-state index contributed by atoms with van der Waals surface area (Å²) >= 11 is 1.67. The van der Waals surface area contributed by atoms with Crippen molar-refractivity contribution in [2.75, 3.05) is 32.7 Å². The highest BCUT2D eigenvalue weighted by atomic mass is 32.1. The Morgan fingerprint density at radius 3 is 2.47 bits per heavy atom. The van der Waals surface area contributed by atoms with Gasteiger partial charge in [0, 0.05) is 42.7 Å². The number of halogens is 4. The third-order valence-electron chi connectivity index (χ3n) is 7.27. The van der Waals surface area contributed by atoms with Gasteiger partial charge >= 0.3 is 6.18 Å². The topological polar surface area (TPSA) is 43.9 Å². The molecule has 0 saturated carbocycles. The number of carbonyl (C=O) groups excluding carboxylic acids is 2. The minimum absolute atomic E-state index is 0.0708. The Morgan fingerprint density at radius 1 is 1.03 bits per heavy atom. The van der Waals surface area contributed by atoms with Gasteiger partial charge in [-0.05, 0) is 72.3 Å². The van der Waals surface area contributed by atoms with E-state index in [1.165, 1.54) is 29.1 Å². The average Bonchev–Trinajstić information content (AvgIpc) is 3.36. The molecule has 0 unspecified atom stereocenters. The van der Waals surface area contributed by atoms with E-state index in [0.717, 1.165) is 29.7 Å². The highest BCUT2D eigenvalue weighted by Crippen LogP contribution is 2.38. The molecule has 2 aromatic carbocycles. The summed E-state index contributed by atoms with van der Waals surface area (Å²) in [5.74, 6) is -0.747. The fourth-order valence-corrected chi connectivity index (χ4v) is 6.24. The molecule has 10 heteroatoms. The number of hydrogen-bond acceptors (Lipinski definition) is 4. The van der Waals surface area contributed by atoms with Gasteiger partial charge in [0.25, 0.3) is 5.91 Å². The standard InChI is InChI=1S/C28H27F4N3O2S/c1-18-16-33(12-13-35(18)27(37)19-5-7-21(8-6-19)28(30,31)32)25(36)17-34-11-9-24-23(10-14-38-24)26(34)20-3-2-4-22(29)15-20/h2-8,10,14-15,18,26H,9,11-13,16-17H2,1H3/t18-,26-/m0/s1. The third kappa shape index (κ3) is 5.33. The molecule has 0 N–H and O–H groups in total. The molecule has 2 amide bonds. The number of rotatable bonds is 4. The van der Waals surface area contributed by atoms with Crippen molar-refractivity contribution in [2.24, 2.45) is 0 Å². The van der Waals surface area contributed by atoms with Gasteiger partial charge in [-0.1, -0.05) is 12.1 Å². The van der Waals surface area contributed by atoms with Crippen LogP contribution in [-0.4, -0.2) is 65.3 Å². The number of alkyl halides is 3. The fraction of sp³-hybridized carbons (Fsp3) is 0.357. The van der Waals surface area contributed by atoms with Crippen LogP contribution < -0.4 is 0 Å². The van der Waals surface area contributed by atoms with E-state index in [2.05, 4.69) is 4.90 Å². The van der Waals surface area contributed by atoms with Gasteiger partial charge in [-0.3, -0.25) is 14.5 Å². The normalized spacial score (nSPS) is 20.3. The first-order chi connectivity index (χ1) is 18.1. The third-order valence-corrected chi connectivity index (χ3v) is 8.27. The van der Waals surface area contributed by atoms with Crippen LogP contribution in [0.2, 0.25) is 0 Å². The van der Waals surface area contributed by atoms with E-state index in [4.69, 9.17) is 0 Å². The van der Waals surface area contributed by atoms with Crippen molar-refractivity contribution in [1.82, 2.24) is 14.7 Å². The molecule has 1 fully saturated rings. The summed E-state index contributed by atoms with van der Waals surface area (Å²) in [6.45, 7) is 3.60. The van der Waals surface area contributed by atoms with E-state index in [9.17, 15) is 27.2 Å². The second-order valence-electron chi connectivity index (χ2n) is 9.74. The van der Waals surface area contributed by atoms with E-state index in [0.29, 0.717) is 19.6 Å². The predicted octanol–water partition coefficient (Wildman–Crippen LogP) is 5.23. The highest BCUT2D eigenvalue weighted by Gasteiger charge is 2.35. The van der Waals surface area contributed by atoms with Crippen molar-refractivity contribution < 1.29 is 27.2 Å². The Balaban J connectivity index is 1.25. The lowest BCUT2D eigenvalue weighted by molar-refractivity contribution is -0.137. The molecule has 1 aromatic heterocycles. The lowest BCUT2D eigenvalue weighted by Gasteiger charge is -2.42. The molecule has 0 radical (unpaired) electrons. The average molecular weight is 546 g/mol. The molecule has 200 valence electrons. The molecule has 38 heavy (non-hydrogen) atoms. The molecular formula is C28H27F4N3O2S. The molecule has 2 aliphatic rings. The van der Waals surface area contributed by atoms with Crippen LogP contribution in [-0.2, 0) is 17.4 Å². The zero-order valence-electron chi connectivity index (χ0n) is 20.7. The smallest absolute Gasteiger partial charge is 0.338 e. The molecular weight excluding hydrogens is 518 g/mol. The van der Waals surface area contributed by atoms with Crippen LogP contribution in [0.25, 0.3) is 0 Å². The number of nitrogens with zero attached hydrogens (tertiary/aromatic N) is 3. The summed E-state index contributed by atoms with van der Waals surface area (Å²) in [7, 11) is 0.